The van der Waals surface area contributed by atoms with Crippen LogP contribution in [0.2, 0.25) is 0 Å². The Bertz CT molecular complexity index is 792. The average Bonchev–Trinajstić information content (AvgIpc) is 2.76. The summed E-state index contributed by atoms with van der Waals surface area (Å²) in [5, 5.41) is 13.4. The van der Waals surface area contributed by atoms with Crippen molar-refractivity contribution in [3.8, 4) is 0 Å². The number of amides is 1. The number of benzene rings is 2. The summed E-state index contributed by atoms with van der Waals surface area (Å²) in [6.45, 7) is 1.97. The van der Waals surface area contributed by atoms with Crippen molar-refractivity contribution in [3.05, 3.63) is 71.8 Å². The van der Waals surface area contributed by atoms with E-state index in [1.807, 2.05) is 12.1 Å². The predicted octanol–water partition coefficient (Wildman–Crippen LogP) is 3.27. The van der Waals surface area contributed by atoms with E-state index >= 15 is 0 Å². The van der Waals surface area contributed by atoms with Crippen molar-refractivity contribution in [1.82, 2.24) is 5.32 Å². The van der Waals surface area contributed by atoms with Crippen LogP contribution < -0.4 is 5.32 Å². The number of esters is 1. The number of hydrogen-bond acceptors (Lipinski definition) is 5. The second-order valence-corrected chi connectivity index (χ2v) is 7.59. The largest absolute Gasteiger partial charge is 0.464 e. The number of rotatable bonds is 11. The van der Waals surface area contributed by atoms with Crippen LogP contribution in [0.4, 0.5) is 0 Å². The molecule has 0 saturated carbocycles. The summed E-state index contributed by atoms with van der Waals surface area (Å²) in [5.74, 6) is -0.421. The maximum Gasteiger partial charge on any atom is 0.337 e. The Hall–Kier alpha value is -2.70. The van der Waals surface area contributed by atoms with Crippen LogP contribution in [0.1, 0.15) is 47.6 Å². The monoisotopic (exact) mass is 411 g/mol. The molecule has 1 aliphatic rings. The second-order valence-electron chi connectivity index (χ2n) is 7.59. The lowest BCUT2D eigenvalue weighted by Gasteiger charge is -2.25. The number of hydrogen-bond donors (Lipinski definition) is 2. The van der Waals surface area contributed by atoms with Crippen molar-refractivity contribution in [1.29, 1.82) is 0 Å². The van der Waals surface area contributed by atoms with Gasteiger partial charge >= 0.3 is 5.97 Å². The summed E-state index contributed by atoms with van der Waals surface area (Å²) < 4.78 is 10.4. The zero-order valence-electron chi connectivity index (χ0n) is 17.0. The van der Waals surface area contributed by atoms with Crippen LogP contribution in [0.25, 0.3) is 0 Å². The molecule has 2 atom stereocenters. The Morgan fingerprint density at radius 3 is 2.30 bits per heavy atom. The number of nitrogens with one attached hydrogen (secondary N) is 1. The highest BCUT2D eigenvalue weighted by Crippen LogP contribution is 2.20. The molecule has 3 rings (SSSR count). The summed E-state index contributed by atoms with van der Waals surface area (Å²) in [5.41, 5.74) is 1.09. The van der Waals surface area contributed by atoms with E-state index in [1.165, 1.54) is 0 Å². The van der Waals surface area contributed by atoms with Gasteiger partial charge in [-0.25, -0.2) is 4.79 Å². The third kappa shape index (κ3) is 6.40. The molecular formula is C24H29NO5. The van der Waals surface area contributed by atoms with Crippen LogP contribution in [0.3, 0.4) is 0 Å². The van der Waals surface area contributed by atoms with Crippen LogP contribution in [0.15, 0.2) is 60.7 Å². The van der Waals surface area contributed by atoms with Crippen molar-refractivity contribution in [3.63, 3.8) is 0 Å². The quantitative estimate of drug-likeness (QED) is 0.438. The first-order chi connectivity index (χ1) is 14.6. The molecule has 160 valence electrons. The van der Waals surface area contributed by atoms with E-state index in [4.69, 9.17) is 9.47 Å². The summed E-state index contributed by atoms with van der Waals surface area (Å²) in [6.07, 6.45) is 2.43. The zero-order valence-corrected chi connectivity index (χ0v) is 17.0. The Morgan fingerprint density at radius 2 is 1.67 bits per heavy atom. The van der Waals surface area contributed by atoms with Gasteiger partial charge in [0.15, 0.2) is 6.10 Å². The molecule has 1 fully saturated rings. The molecule has 2 unspecified atom stereocenters. The number of aliphatic hydroxyl groups excluding tert-OH is 1. The van der Waals surface area contributed by atoms with Crippen LogP contribution in [0.5, 0.6) is 0 Å². The Kier molecular flexibility index (Phi) is 8.41. The van der Waals surface area contributed by atoms with Gasteiger partial charge in [0.2, 0.25) is 0 Å². The zero-order chi connectivity index (χ0) is 21.2. The van der Waals surface area contributed by atoms with Crippen LogP contribution in [-0.2, 0) is 14.3 Å². The van der Waals surface area contributed by atoms with Crippen LogP contribution in [-0.4, -0.2) is 42.9 Å². The van der Waals surface area contributed by atoms with E-state index in [-0.39, 0.29) is 12.5 Å². The maximum absolute atomic E-state index is 12.6. The summed E-state index contributed by atoms with van der Waals surface area (Å²) in [4.78, 5) is 25.0. The molecule has 2 aromatic carbocycles. The third-order valence-electron chi connectivity index (χ3n) is 5.25. The summed E-state index contributed by atoms with van der Waals surface area (Å²) in [7, 11) is 0. The first-order valence-electron chi connectivity index (χ1n) is 10.5. The molecule has 0 radical (unpaired) electrons. The van der Waals surface area contributed by atoms with Gasteiger partial charge in [0.25, 0.3) is 5.91 Å². The van der Waals surface area contributed by atoms with Crippen molar-refractivity contribution in [2.24, 2.45) is 5.92 Å². The van der Waals surface area contributed by atoms with E-state index in [0.29, 0.717) is 17.0 Å². The van der Waals surface area contributed by atoms with Crippen LogP contribution >= 0.6 is 0 Å². The molecule has 1 aliphatic heterocycles. The van der Waals surface area contributed by atoms with E-state index in [9.17, 15) is 14.7 Å². The molecule has 30 heavy (non-hydrogen) atoms. The highest BCUT2D eigenvalue weighted by Gasteiger charge is 2.30. The van der Waals surface area contributed by atoms with E-state index in [1.54, 1.807) is 48.5 Å². The van der Waals surface area contributed by atoms with Gasteiger partial charge in [0.05, 0.1) is 25.9 Å². The first kappa shape index (κ1) is 22.0. The highest BCUT2D eigenvalue weighted by molar-refractivity contribution is 5.94. The lowest BCUT2D eigenvalue weighted by Crippen LogP contribution is -2.41. The fourth-order valence-electron chi connectivity index (χ4n) is 3.38. The van der Waals surface area contributed by atoms with Crippen molar-refractivity contribution < 1.29 is 24.2 Å². The van der Waals surface area contributed by atoms with E-state index < -0.39 is 18.1 Å². The van der Waals surface area contributed by atoms with Crippen molar-refractivity contribution in [2.75, 3.05) is 19.8 Å². The lowest BCUT2D eigenvalue weighted by atomic mass is 10.00. The van der Waals surface area contributed by atoms with Gasteiger partial charge < -0.3 is 19.9 Å². The fourth-order valence-corrected chi connectivity index (χ4v) is 3.38. The van der Waals surface area contributed by atoms with Gasteiger partial charge in [0.1, 0.15) is 0 Å². The minimum atomic E-state index is -1.49. The Balaban J connectivity index is 1.52. The average molecular weight is 411 g/mol. The molecular weight excluding hydrogens is 382 g/mol. The minimum absolute atomic E-state index is 0.255. The molecule has 0 spiro atoms. The minimum Gasteiger partial charge on any atom is -0.464 e. The number of ether oxygens (including phenoxy) is 2. The van der Waals surface area contributed by atoms with Gasteiger partial charge in [-0.3, -0.25) is 4.79 Å². The smallest absolute Gasteiger partial charge is 0.337 e. The molecule has 0 aliphatic carbocycles. The number of unbranched alkanes of at least 4 members (excludes halogenated alkanes) is 2. The molecule has 1 saturated heterocycles. The van der Waals surface area contributed by atoms with Gasteiger partial charge in [-0.05, 0) is 30.5 Å². The standard InChI is InChI=1S/C24H29NO5/c26-22(24(28)30-15-9-3-4-10-18-16-29-17-18)21(19-11-5-1-6-12-19)25-23(27)20-13-7-2-8-14-20/h1-2,5-8,11-14,18,21-22,26H,3-4,9-10,15-17H2,(H,25,27). The maximum atomic E-state index is 12.6. The number of carbonyl (C=O) groups is 2. The first-order valence-corrected chi connectivity index (χ1v) is 10.5. The van der Waals surface area contributed by atoms with E-state index in [0.717, 1.165) is 38.9 Å². The molecule has 0 bridgehead atoms. The van der Waals surface area contributed by atoms with E-state index in [2.05, 4.69) is 5.32 Å². The SMILES string of the molecule is O=C(NC(c1ccccc1)C(O)C(=O)OCCCCCC1COC1)c1ccccc1. The Morgan fingerprint density at radius 1 is 1.00 bits per heavy atom. The molecule has 0 aromatic heterocycles. The van der Waals surface area contributed by atoms with Gasteiger partial charge in [0, 0.05) is 11.5 Å². The Labute approximate surface area is 177 Å². The van der Waals surface area contributed by atoms with Gasteiger partial charge in [-0.15, -0.1) is 0 Å². The van der Waals surface area contributed by atoms with Gasteiger partial charge in [-0.2, -0.15) is 0 Å². The number of carbonyl (C=O) groups excluding carboxylic acids is 2. The summed E-state index contributed by atoms with van der Waals surface area (Å²) in [6, 6.07) is 16.7. The molecule has 2 N–H and O–H groups in total. The molecule has 2 aromatic rings. The predicted molar refractivity (Wildman–Crippen MR) is 113 cm³/mol. The van der Waals surface area contributed by atoms with Crippen LogP contribution in [0, 0.1) is 5.92 Å². The van der Waals surface area contributed by atoms with Crippen molar-refractivity contribution in [2.45, 2.75) is 37.8 Å². The number of aliphatic hydroxyl groups is 1. The normalized spacial score (nSPS) is 15.6. The summed E-state index contributed by atoms with van der Waals surface area (Å²) >= 11 is 0. The molecule has 6 heteroatoms. The topological polar surface area (TPSA) is 84.9 Å². The lowest BCUT2D eigenvalue weighted by molar-refractivity contribution is -0.155. The fraction of sp³-hybridized carbons (Fsp3) is 0.417. The highest BCUT2D eigenvalue weighted by atomic mass is 16.5. The third-order valence-corrected chi connectivity index (χ3v) is 5.25. The van der Waals surface area contributed by atoms with Gasteiger partial charge in [-0.1, -0.05) is 61.4 Å². The molecule has 6 nitrogen and oxygen atoms in total. The molecule has 1 heterocycles. The van der Waals surface area contributed by atoms with Crippen molar-refractivity contribution >= 4 is 11.9 Å². The second kappa shape index (κ2) is 11.5. The molecule has 1 amide bonds.